The second-order valence-corrected chi connectivity index (χ2v) is 6.45. The molecule has 0 spiro atoms. The topological polar surface area (TPSA) is 92.3 Å². The molecule has 1 amide bonds. The quantitative estimate of drug-likeness (QED) is 0.366. The Morgan fingerprint density at radius 1 is 1.03 bits per heavy atom. The Hall–Kier alpha value is -4.26. The summed E-state index contributed by atoms with van der Waals surface area (Å²) in [7, 11) is 0. The number of amides is 1. The summed E-state index contributed by atoms with van der Waals surface area (Å²) in [4.78, 5) is 16.2. The number of pyridine rings is 1. The molecule has 0 fully saturated rings. The lowest BCUT2D eigenvalue weighted by Gasteiger charge is -2.07. The van der Waals surface area contributed by atoms with Crippen molar-refractivity contribution in [1.82, 2.24) is 20.6 Å². The number of nitrogens with one attached hydrogen (secondary N) is 2. The summed E-state index contributed by atoms with van der Waals surface area (Å²) >= 11 is 0. The highest BCUT2D eigenvalue weighted by molar-refractivity contribution is 5.94. The Kier molecular flexibility index (Phi) is 5.91. The molecule has 0 saturated carbocycles. The Morgan fingerprint density at radius 3 is 2.70 bits per heavy atom. The first-order chi connectivity index (χ1) is 14.8. The zero-order valence-corrected chi connectivity index (χ0v) is 16.0. The lowest BCUT2D eigenvalue weighted by molar-refractivity contribution is 0.0950. The van der Waals surface area contributed by atoms with Crippen molar-refractivity contribution in [2.24, 2.45) is 5.10 Å². The summed E-state index contributed by atoms with van der Waals surface area (Å²) in [5.41, 5.74) is 6.20. The fourth-order valence-corrected chi connectivity index (χ4v) is 2.75. The minimum Gasteiger partial charge on any atom is -0.489 e. The Labute approximate surface area is 173 Å². The summed E-state index contributed by atoms with van der Waals surface area (Å²) in [5.74, 6) is 0.350. The molecule has 4 rings (SSSR count). The Bertz CT molecular complexity index is 1140. The van der Waals surface area contributed by atoms with Crippen LogP contribution in [0.25, 0.3) is 11.3 Å². The number of carbonyl (C=O) groups is 1. The molecular weight excluding hydrogens is 378 g/mol. The number of hydrazone groups is 1. The van der Waals surface area contributed by atoms with Gasteiger partial charge in [0.25, 0.3) is 5.91 Å². The molecule has 0 bridgehead atoms. The van der Waals surface area contributed by atoms with E-state index >= 15 is 0 Å². The van der Waals surface area contributed by atoms with Crippen molar-refractivity contribution in [1.29, 1.82) is 0 Å². The van der Waals surface area contributed by atoms with Crippen molar-refractivity contribution in [3.8, 4) is 17.0 Å². The molecule has 7 heteroatoms. The van der Waals surface area contributed by atoms with E-state index in [9.17, 15) is 4.79 Å². The number of hydrogen-bond acceptors (Lipinski definition) is 5. The fourth-order valence-electron chi connectivity index (χ4n) is 2.75. The molecule has 2 N–H and O–H groups in total. The largest absolute Gasteiger partial charge is 0.489 e. The molecule has 7 nitrogen and oxygen atoms in total. The minimum atomic E-state index is -0.379. The van der Waals surface area contributed by atoms with Crippen molar-refractivity contribution in [2.45, 2.75) is 6.61 Å². The van der Waals surface area contributed by atoms with E-state index in [4.69, 9.17) is 4.74 Å². The maximum Gasteiger partial charge on any atom is 0.289 e. The van der Waals surface area contributed by atoms with Gasteiger partial charge in [-0.25, -0.2) is 5.43 Å². The first kappa shape index (κ1) is 19.1. The van der Waals surface area contributed by atoms with E-state index in [-0.39, 0.29) is 5.91 Å². The average Bonchev–Trinajstić information content (AvgIpc) is 3.30. The van der Waals surface area contributed by atoms with E-state index in [1.54, 1.807) is 36.8 Å². The van der Waals surface area contributed by atoms with E-state index in [2.05, 4.69) is 25.7 Å². The van der Waals surface area contributed by atoms with Gasteiger partial charge in [0.15, 0.2) is 0 Å². The number of ether oxygens (including phenoxy) is 1. The van der Waals surface area contributed by atoms with Crippen LogP contribution in [0.3, 0.4) is 0 Å². The highest BCUT2D eigenvalue weighted by Gasteiger charge is 2.11. The van der Waals surface area contributed by atoms with Gasteiger partial charge in [-0.15, -0.1) is 0 Å². The van der Waals surface area contributed by atoms with Gasteiger partial charge < -0.3 is 4.74 Å². The zero-order chi connectivity index (χ0) is 20.6. The molecule has 0 unspecified atom stereocenters. The summed E-state index contributed by atoms with van der Waals surface area (Å²) in [6.45, 7) is 0.480. The molecule has 4 aromatic rings. The van der Waals surface area contributed by atoms with Gasteiger partial charge in [0.05, 0.1) is 11.9 Å². The number of nitrogens with zero attached hydrogens (tertiary/aromatic N) is 3. The number of benzene rings is 2. The van der Waals surface area contributed by atoms with Crippen molar-refractivity contribution >= 4 is 12.1 Å². The lowest BCUT2D eigenvalue weighted by atomic mass is 10.1. The third kappa shape index (κ3) is 4.96. The number of carbonyl (C=O) groups excluding carboxylic acids is 1. The van der Waals surface area contributed by atoms with Crippen molar-refractivity contribution < 1.29 is 9.53 Å². The average molecular weight is 397 g/mol. The number of aromatic amines is 1. The molecular formula is C23H19N5O2. The Morgan fingerprint density at radius 2 is 1.87 bits per heavy atom. The second-order valence-electron chi connectivity index (χ2n) is 6.45. The summed E-state index contributed by atoms with van der Waals surface area (Å²) in [5, 5.41) is 10.9. The van der Waals surface area contributed by atoms with Crippen molar-refractivity contribution in [3.05, 3.63) is 102 Å². The van der Waals surface area contributed by atoms with Crippen LogP contribution in [0.2, 0.25) is 0 Å². The van der Waals surface area contributed by atoms with E-state index < -0.39 is 0 Å². The molecule has 2 aromatic heterocycles. The van der Waals surface area contributed by atoms with Crippen molar-refractivity contribution in [2.75, 3.05) is 0 Å². The van der Waals surface area contributed by atoms with Crippen LogP contribution >= 0.6 is 0 Å². The number of rotatable bonds is 7. The summed E-state index contributed by atoms with van der Waals surface area (Å²) in [6, 6.07) is 22.8. The molecule has 0 aliphatic carbocycles. The van der Waals surface area contributed by atoms with Crippen LogP contribution in [0.5, 0.6) is 5.75 Å². The molecule has 0 saturated heterocycles. The predicted octanol–water partition coefficient (Wildman–Crippen LogP) is 3.81. The van der Waals surface area contributed by atoms with E-state index in [1.807, 2.05) is 54.6 Å². The van der Waals surface area contributed by atoms with Crippen molar-refractivity contribution in [3.63, 3.8) is 0 Å². The summed E-state index contributed by atoms with van der Waals surface area (Å²) < 4.78 is 5.86. The maximum atomic E-state index is 12.3. The van der Waals surface area contributed by atoms with Gasteiger partial charge in [-0.05, 0) is 41.5 Å². The standard InChI is InChI=1S/C23H19N5O2/c29-23(28-25-15-17-9-11-24-12-10-17)22-14-21(26-27-22)19-7-4-8-20(13-19)30-16-18-5-2-1-3-6-18/h1-15H,16H2,(H,26,27)(H,28,29). The fraction of sp³-hybridized carbons (Fsp3) is 0.0435. The number of hydrogen-bond donors (Lipinski definition) is 2. The lowest BCUT2D eigenvalue weighted by Crippen LogP contribution is -2.17. The van der Waals surface area contributed by atoms with Crippen LogP contribution < -0.4 is 10.2 Å². The highest BCUT2D eigenvalue weighted by atomic mass is 16.5. The van der Waals surface area contributed by atoms with E-state index in [0.29, 0.717) is 18.0 Å². The van der Waals surface area contributed by atoms with Gasteiger partial charge in [0, 0.05) is 18.0 Å². The predicted molar refractivity (Wildman–Crippen MR) is 114 cm³/mol. The normalized spacial score (nSPS) is 10.8. The van der Waals surface area contributed by atoms with Gasteiger partial charge in [-0.1, -0.05) is 42.5 Å². The van der Waals surface area contributed by atoms with Crippen LogP contribution in [0.15, 0.2) is 90.3 Å². The Balaban J connectivity index is 1.39. The molecule has 0 aliphatic heterocycles. The molecule has 0 radical (unpaired) electrons. The molecule has 2 aromatic carbocycles. The van der Waals surface area contributed by atoms with Gasteiger partial charge in [-0.2, -0.15) is 10.2 Å². The summed E-state index contributed by atoms with van der Waals surface area (Å²) in [6.07, 6.45) is 4.86. The van der Waals surface area contributed by atoms with Gasteiger partial charge >= 0.3 is 0 Å². The van der Waals surface area contributed by atoms with E-state index in [0.717, 1.165) is 22.4 Å². The maximum absolute atomic E-state index is 12.3. The zero-order valence-electron chi connectivity index (χ0n) is 16.0. The highest BCUT2D eigenvalue weighted by Crippen LogP contribution is 2.23. The third-order valence-electron chi connectivity index (χ3n) is 4.29. The SMILES string of the molecule is O=C(NN=Cc1ccncc1)c1cc(-c2cccc(OCc3ccccc3)c2)n[nH]1. The minimum absolute atomic E-state index is 0.312. The van der Waals surface area contributed by atoms with Crippen LogP contribution in [-0.2, 0) is 6.61 Å². The number of H-pyrrole nitrogens is 1. The van der Waals surface area contributed by atoms with Crippen LogP contribution in [0.1, 0.15) is 21.6 Å². The molecule has 2 heterocycles. The van der Waals surface area contributed by atoms with Gasteiger partial charge in [0.2, 0.25) is 0 Å². The third-order valence-corrected chi connectivity index (χ3v) is 4.29. The number of aromatic nitrogens is 3. The first-order valence-electron chi connectivity index (χ1n) is 9.34. The van der Waals surface area contributed by atoms with Crippen LogP contribution in [0.4, 0.5) is 0 Å². The van der Waals surface area contributed by atoms with Crippen LogP contribution in [-0.4, -0.2) is 27.3 Å². The van der Waals surface area contributed by atoms with Crippen LogP contribution in [0, 0.1) is 0 Å². The first-order valence-corrected chi connectivity index (χ1v) is 9.34. The molecule has 0 aliphatic rings. The monoisotopic (exact) mass is 397 g/mol. The van der Waals surface area contributed by atoms with Gasteiger partial charge in [0.1, 0.15) is 18.1 Å². The molecule has 148 valence electrons. The second kappa shape index (κ2) is 9.29. The van der Waals surface area contributed by atoms with E-state index in [1.165, 1.54) is 0 Å². The smallest absolute Gasteiger partial charge is 0.289 e. The molecule has 30 heavy (non-hydrogen) atoms. The van der Waals surface area contributed by atoms with Gasteiger partial charge in [-0.3, -0.25) is 14.9 Å². The molecule has 0 atom stereocenters.